The molecule has 1 aliphatic carbocycles. The maximum atomic E-state index is 6.04. The molecule has 0 atom stereocenters. The third-order valence-electron chi connectivity index (χ3n) is 2.46. The number of anilines is 1. The number of nitrogens with zero attached hydrogens (tertiary/aromatic N) is 1. The molecule has 3 nitrogen and oxygen atoms in total. The molecule has 0 amide bonds. The lowest BCUT2D eigenvalue weighted by atomic mass is 10.0. The van der Waals surface area contributed by atoms with Crippen LogP contribution in [0.25, 0.3) is 0 Å². The fourth-order valence-corrected chi connectivity index (χ4v) is 1.50. The Morgan fingerprint density at radius 3 is 2.67 bits per heavy atom. The molecule has 0 unspecified atom stereocenters. The lowest BCUT2D eigenvalue weighted by Crippen LogP contribution is -2.20. The van der Waals surface area contributed by atoms with Crippen LogP contribution in [0.15, 0.2) is 12.3 Å². The molecule has 1 aliphatic rings. The van der Waals surface area contributed by atoms with Crippen LogP contribution < -0.4 is 11.5 Å². The summed E-state index contributed by atoms with van der Waals surface area (Å²) in [6.07, 6.45) is 3.94. The average molecular weight is 163 g/mol. The Hall–Kier alpha value is -1.09. The highest BCUT2D eigenvalue weighted by atomic mass is 14.9. The van der Waals surface area contributed by atoms with Crippen molar-refractivity contribution in [3.63, 3.8) is 0 Å². The second-order valence-electron chi connectivity index (χ2n) is 3.58. The first kappa shape index (κ1) is 7.55. The van der Waals surface area contributed by atoms with E-state index in [-0.39, 0.29) is 5.54 Å². The Bertz CT molecular complexity index is 316. The minimum Gasteiger partial charge on any atom is -0.384 e. The van der Waals surface area contributed by atoms with E-state index in [1.807, 2.05) is 13.0 Å². The van der Waals surface area contributed by atoms with Gasteiger partial charge in [-0.25, -0.2) is 4.98 Å². The number of aryl methyl sites for hydroxylation is 1. The molecule has 64 valence electrons. The van der Waals surface area contributed by atoms with Crippen LogP contribution in [-0.2, 0) is 5.54 Å². The zero-order valence-electron chi connectivity index (χ0n) is 7.17. The zero-order chi connectivity index (χ0) is 8.77. The minimum absolute atomic E-state index is 0.0925. The van der Waals surface area contributed by atoms with Crippen LogP contribution in [0.4, 0.5) is 5.82 Å². The molecular formula is C9H13N3. The largest absolute Gasteiger partial charge is 0.384 e. The normalized spacial score (nSPS) is 19.2. The van der Waals surface area contributed by atoms with Crippen molar-refractivity contribution in [3.8, 4) is 0 Å². The number of aromatic nitrogens is 1. The molecule has 1 aromatic heterocycles. The summed E-state index contributed by atoms with van der Waals surface area (Å²) < 4.78 is 0. The van der Waals surface area contributed by atoms with Crippen LogP contribution in [0.1, 0.15) is 24.0 Å². The van der Waals surface area contributed by atoms with Crippen molar-refractivity contribution < 1.29 is 0 Å². The molecule has 0 radical (unpaired) electrons. The molecule has 4 N–H and O–H groups in total. The van der Waals surface area contributed by atoms with E-state index in [4.69, 9.17) is 11.5 Å². The first-order valence-corrected chi connectivity index (χ1v) is 4.13. The van der Waals surface area contributed by atoms with Gasteiger partial charge in [0.2, 0.25) is 0 Å². The van der Waals surface area contributed by atoms with E-state index in [1.165, 1.54) is 0 Å². The van der Waals surface area contributed by atoms with Gasteiger partial charge in [-0.2, -0.15) is 0 Å². The van der Waals surface area contributed by atoms with Gasteiger partial charge in [0.05, 0.1) is 0 Å². The first-order valence-electron chi connectivity index (χ1n) is 4.13. The Morgan fingerprint density at radius 1 is 1.50 bits per heavy atom. The molecular weight excluding hydrogens is 150 g/mol. The summed E-state index contributed by atoms with van der Waals surface area (Å²) in [5, 5.41) is 0. The quantitative estimate of drug-likeness (QED) is 0.647. The Balaban J connectivity index is 2.45. The molecule has 1 fully saturated rings. The number of hydrogen-bond donors (Lipinski definition) is 2. The summed E-state index contributed by atoms with van der Waals surface area (Å²) in [7, 11) is 0. The summed E-state index contributed by atoms with van der Waals surface area (Å²) in [5.74, 6) is 0.570. The van der Waals surface area contributed by atoms with E-state index in [0.717, 1.165) is 24.0 Å². The third-order valence-corrected chi connectivity index (χ3v) is 2.46. The van der Waals surface area contributed by atoms with Crippen molar-refractivity contribution in [2.24, 2.45) is 5.73 Å². The van der Waals surface area contributed by atoms with Crippen LogP contribution in [-0.4, -0.2) is 4.98 Å². The molecule has 0 spiro atoms. The van der Waals surface area contributed by atoms with Crippen molar-refractivity contribution in [2.45, 2.75) is 25.3 Å². The number of nitrogens with two attached hydrogens (primary N) is 2. The van der Waals surface area contributed by atoms with Crippen LogP contribution in [0, 0.1) is 6.92 Å². The molecule has 1 aromatic rings. The van der Waals surface area contributed by atoms with E-state index in [9.17, 15) is 0 Å². The van der Waals surface area contributed by atoms with E-state index in [1.54, 1.807) is 6.20 Å². The van der Waals surface area contributed by atoms with Crippen molar-refractivity contribution >= 4 is 5.82 Å². The van der Waals surface area contributed by atoms with Gasteiger partial charge in [-0.05, 0) is 37.0 Å². The minimum atomic E-state index is -0.0925. The summed E-state index contributed by atoms with van der Waals surface area (Å²) in [6.45, 7) is 2.03. The van der Waals surface area contributed by atoms with Crippen molar-refractivity contribution in [1.29, 1.82) is 0 Å². The monoisotopic (exact) mass is 163 g/mol. The molecule has 12 heavy (non-hydrogen) atoms. The third kappa shape index (κ3) is 1.06. The van der Waals surface area contributed by atoms with Gasteiger partial charge in [0.1, 0.15) is 5.82 Å². The predicted molar refractivity (Wildman–Crippen MR) is 48.5 cm³/mol. The molecule has 3 heteroatoms. The van der Waals surface area contributed by atoms with E-state index < -0.39 is 0 Å². The van der Waals surface area contributed by atoms with Gasteiger partial charge in [-0.3, -0.25) is 0 Å². The summed E-state index contributed by atoms with van der Waals surface area (Å²) in [5.41, 5.74) is 13.8. The van der Waals surface area contributed by atoms with Gasteiger partial charge in [0.15, 0.2) is 0 Å². The number of hydrogen-bond acceptors (Lipinski definition) is 3. The van der Waals surface area contributed by atoms with Crippen molar-refractivity contribution in [2.75, 3.05) is 5.73 Å². The maximum Gasteiger partial charge on any atom is 0.123 e. The standard InChI is InChI=1S/C9H13N3/c1-6-4-8(10)12-5-7(6)9(11)2-3-9/h4-5H,2-3,11H2,1H3,(H2,10,12). The highest BCUT2D eigenvalue weighted by molar-refractivity contribution is 5.41. The van der Waals surface area contributed by atoms with Gasteiger partial charge >= 0.3 is 0 Å². The number of pyridine rings is 1. The topological polar surface area (TPSA) is 64.9 Å². The maximum absolute atomic E-state index is 6.04. The molecule has 0 aromatic carbocycles. The second-order valence-corrected chi connectivity index (χ2v) is 3.58. The molecule has 0 saturated heterocycles. The molecule has 1 heterocycles. The molecule has 1 saturated carbocycles. The summed E-state index contributed by atoms with van der Waals surface area (Å²) in [6, 6.07) is 1.88. The van der Waals surface area contributed by atoms with Crippen LogP contribution >= 0.6 is 0 Å². The van der Waals surface area contributed by atoms with Crippen molar-refractivity contribution in [3.05, 3.63) is 23.4 Å². The Labute approximate surface area is 71.8 Å². The van der Waals surface area contributed by atoms with Crippen molar-refractivity contribution in [1.82, 2.24) is 4.98 Å². The van der Waals surface area contributed by atoms with Crippen LogP contribution in [0.5, 0.6) is 0 Å². The average Bonchev–Trinajstić information content (AvgIpc) is 2.68. The Morgan fingerprint density at radius 2 is 2.17 bits per heavy atom. The lowest BCUT2D eigenvalue weighted by molar-refractivity contribution is 0.728. The first-order chi connectivity index (χ1) is 5.62. The SMILES string of the molecule is Cc1cc(N)ncc1C1(N)CC1. The fourth-order valence-electron chi connectivity index (χ4n) is 1.50. The van der Waals surface area contributed by atoms with E-state index >= 15 is 0 Å². The smallest absolute Gasteiger partial charge is 0.123 e. The van der Waals surface area contributed by atoms with E-state index in [2.05, 4.69) is 4.98 Å². The highest BCUT2D eigenvalue weighted by Gasteiger charge is 2.41. The number of nitrogen functional groups attached to an aromatic ring is 1. The van der Waals surface area contributed by atoms with E-state index in [0.29, 0.717) is 5.82 Å². The van der Waals surface area contributed by atoms with Crippen LogP contribution in [0.3, 0.4) is 0 Å². The van der Waals surface area contributed by atoms with Gasteiger partial charge in [0.25, 0.3) is 0 Å². The van der Waals surface area contributed by atoms with Gasteiger partial charge in [0, 0.05) is 11.7 Å². The Kier molecular flexibility index (Phi) is 1.38. The summed E-state index contributed by atoms with van der Waals surface area (Å²) >= 11 is 0. The van der Waals surface area contributed by atoms with Gasteiger partial charge in [-0.1, -0.05) is 0 Å². The van der Waals surface area contributed by atoms with Gasteiger partial charge < -0.3 is 11.5 Å². The molecule has 0 aliphatic heterocycles. The summed E-state index contributed by atoms with van der Waals surface area (Å²) in [4.78, 5) is 4.04. The second kappa shape index (κ2) is 2.20. The molecule has 2 rings (SSSR count). The van der Waals surface area contributed by atoms with Crippen LogP contribution in [0.2, 0.25) is 0 Å². The number of rotatable bonds is 1. The fraction of sp³-hybridized carbons (Fsp3) is 0.444. The predicted octanol–water partition coefficient (Wildman–Crippen LogP) is 0.920. The highest BCUT2D eigenvalue weighted by Crippen LogP contribution is 2.43. The zero-order valence-corrected chi connectivity index (χ0v) is 7.17. The lowest BCUT2D eigenvalue weighted by Gasteiger charge is -2.11. The molecule has 0 bridgehead atoms. The van der Waals surface area contributed by atoms with Gasteiger partial charge in [-0.15, -0.1) is 0 Å².